The van der Waals surface area contributed by atoms with E-state index in [4.69, 9.17) is 16.6 Å². The minimum Gasteiger partial charge on any atom is -0.311 e. The fraction of sp³-hybridized carbons (Fsp3) is 0.0833. The van der Waals surface area contributed by atoms with Crippen molar-refractivity contribution < 1.29 is 0 Å². The van der Waals surface area contributed by atoms with Crippen molar-refractivity contribution in [3.05, 3.63) is 95.9 Å². The second-order valence-electron chi connectivity index (χ2n) is 7.60. The Hall–Kier alpha value is -4.17. The summed E-state index contributed by atoms with van der Waals surface area (Å²) in [7, 11) is 0. The van der Waals surface area contributed by atoms with Crippen molar-refractivity contribution in [2.45, 2.75) is 13.1 Å². The second-order valence-corrected chi connectivity index (χ2v) is 7.95. The van der Waals surface area contributed by atoms with Gasteiger partial charge in [-0.3, -0.25) is 0 Å². The zero-order chi connectivity index (χ0) is 22.2. The van der Waals surface area contributed by atoms with Gasteiger partial charge in [0.1, 0.15) is 29.4 Å². The van der Waals surface area contributed by atoms with Crippen molar-refractivity contribution >= 4 is 33.9 Å². The van der Waals surface area contributed by atoms with Crippen LogP contribution in [0.3, 0.4) is 0 Å². The fourth-order valence-electron chi connectivity index (χ4n) is 3.95. The van der Waals surface area contributed by atoms with Crippen LogP contribution in [0.4, 0.5) is 0 Å². The van der Waals surface area contributed by atoms with Gasteiger partial charge in [0, 0.05) is 0 Å². The molecule has 0 atom stereocenters. The van der Waals surface area contributed by atoms with E-state index in [1.54, 1.807) is 12.7 Å². The first-order valence-corrected chi connectivity index (χ1v) is 10.8. The van der Waals surface area contributed by atoms with E-state index < -0.39 is 0 Å². The Morgan fingerprint density at radius 3 is 2.09 bits per heavy atom. The Labute approximate surface area is 193 Å². The Kier molecular flexibility index (Phi) is 4.77. The van der Waals surface area contributed by atoms with E-state index in [2.05, 4.69) is 49.2 Å². The third-order valence-electron chi connectivity index (χ3n) is 5.48. The highest BCUT2D eigenvalue weighted by molar-refractivity contribution is 6.33. The smallest absolute Gasteiger partial charge is 0.165 e. The van der Waals surface area contributed by atoms with Gasteiger partial charge in [-0.2, -0.15) is 0 Å². The van der Waals surface area contributed by atoms with Crippen molar-refractivity contribution in [2.24, 2.45) is 0 Å². The number of benzene rings is 2. The molecule has 0 radical (unpaired) electrons. The molecule has 9 heteroatoms. The van der Waals surface area contributed by atoms with E-state index in [0.29, 0.717) is 46.4 Å². The maximum absolute atomic E-state index is 6.37. The molecule has 0 fully saturated rings. The topological polar surface area (TPSA) is 87.2 Å². The molecule has 4 heterocycles. The Bertz CT molecular complexity index is 1570. The average Bonchev–Trinajstić information content (AvgIpc) is 3.43. The molecule has 0 spiro atoms. The van der Waals surface area contributed by atoms with E-state index in [1.165, 1.54) is 6.33 Å². The summed E-state index contributed by atoms with van der Waals surface area (Å²) in [5, 5.41) is 0.299. The van der Waals surface area contributed by atoms with Gasteiger partial charge in [-0.05, 0) is 11.1 Å². The molecule has 0 amide bonds. The molecule has 0 aliphatic heterocycles. The van der Waals surface area contributed by atoms with Gasteiger partial charge in [-0.15, -0.1) is 0 Å². The molecule has 6 aromatic rings. The van der Waals surface area contributed by atoms with Gasteiger partial charge in [0.15, 0.2) is 22.3 Å². The van der Waals surface area contributed by atoms with Gasteiger partial charge in [0.2, 0.25) is 0 Å². The zero-order valence-corrected chi connectivity index (χ0v) is 18.1. The van der Waals surface area contributed by atoms with Gasteiger partial charge in [-0.25, -0.2) is 29.9 Å². The first kappa shape index (κ1) is 19.5. The normalized spacial score (nSPS) is 11.4. The largest absolute Gasteiger partial charge is 0.311 e. The van der Waals surface area contributed by atoms with E-state index in [1.807, 2.05) is 45.5 Å². The number of imidazole rings is 2. The molecular formula is C24H17ClN8. The van der Waals surface area contributed by atoms with Crippen LogP contribution in [-0.2, 0) is 13.1 Å². The maximum Gasteiger partial charge on any atom is 0.165 e. The van der Waals surface area contributed by atoms with Crippen LogP contribution in [-0.4, -0.2) is 39.0 Å². The number of rotatable bonds is 5. The van der Waals surface area contributed by atoms with Crippen LogP contribution in [0.25, 0.3) is 33.8 Å². The molecule has 0 bridgehead atoms. The number of hydrogen-bond acceptors (Lipinski definition) is 6. The average molecular weight is 453 g/mol. The molecule has 8 nitrogen and oxygen atoms in total. The third-order valence-corrected chi connectivity index (χ3v) is 5.76. The number of fused-ring (bicyclic) bond motifs is 2. The predicted octanol–water partition coefficient (Wildman–Crippen LogP) is 4.38. The van der Waals surface area contributed by atoms with Gasteiger partial charge in [-0.1, -0.05) is 72.3 Å². The van der Waals surface area contributed by atoms with Crippen molar-refractivity contribution in [3.63, 3.8) is 0 Å². The van der Waals surface area contributed by atoms with Crippen LogP contribution >= 0.6 is 11.6 Å². The predicted molar refractivity (Wildman–Crippen MR) is 126 cm³/mol. The molecule has 0 aliphatic carbocycles. The van der Waals surface area contributed by atoms with Crippen LogP contribution in [0.2, 0.25) is 5.15 Å². The third kappa shape index (κ3) is 3.50. The van der Waals surface area contributed by atoms with Crippen molar-refractivity contribution in [2.75, 3.05) is 0 Å². The van der Waals surface area contributed by atoms with Crippen molar-refractivity contribution in [1.29, 1.82) is 0 Å². The highest BCUT2D eigenvalue weighted by Crippen LogP contribution is 2.30. The summed E-state index contributed by atoms with van der Waals surface area (Å²) >= 11 is 6.37. The molecule has 0 aliphatic rings. The standard InChI is InChI=1S/C24H17ClN8/c25-21-20-23(29-14-27-21)33(12-17-9-5-2-6-10-17)24(31-20)19-18-22(28-13-26-19)32(15-30-18)11-16-7-3-1-4-8-16/h1-10,13-15H,11-12H2. The minimum atomic E-state index is 0.299. The first-order chi connectivity index (χ1) is 16.3. The monoisotopic (exact) mass is 452 g/mol. The summed E-state index contributed by atoms with van der Waals surface area (Å²) in [6, 6.07) is 20.3. The molecule has 0 N–H and O–H groups in total. The summed E-state index contributed by atoms with van der Waals surface area (Å²) in [5.74, 6) is 0.619. The lowest BCUT2D eigenvalue weighted by Gasteiger charge is -2.09. The first-order valence-electron chi connectivity index (χ1n) is 10.4. The number of nitrogens with zero attached hydrogens (tertiary/aromatic N) is 8. The van der Waals surface area contributed by atoms with Crippen LogP contribution in [0.15, 0.2) is 79.6 Å². The van der Waals surface area contributed by atoms with Crippen LogP contribution in [0.5, 0.6) is 0 Å². The quantitative estimate of drug-likeness (QED) is 0.361. The van der Waals surface area contributed by atoms with Gasteiger partial charge in [0.05, 0.1) is 19.4 Å². The lowest BCUT2D eigenvalue weighted by atomic mass is 10.2. The molecule has 33 heavy (non-hydrogen) atoms. The van der Waals surface area contributed by atoms with Gasteiger partial charge >= 0.3 is 0 Å². The summed E-state index contributed by atoms with van der Waals surface area (Å²) in [6.07, 6.45) is 4.77. The molecule has 6 rings (SSSR count). The summed E-state index contributed by atoms with van der Waals surface area (Å²) in [6.45, 7) is 1.21. The van der Waals surface area contributed by atoms with E-state index in [9.17, 15) is 0 Å². The number of halogens is 1. The Morgan fingerprint density at radius 2 is 1.33 bits per heavy atom. The van der Waals surface area contributed by atoms with Gasteiger partial charge in [0.25, 0.3) is 0 Å². The van der Waals surface area contributed by atoms with E-state index >= 15 is 0 Å². The lowest BCUT2D eigenvalue weighted by molar-refractivity contribution is 0.811. The molecule has 4 aromatic heterocycles. The van der Waals surface area contributed by atoms with Crippen LogP contribution in [0, 0.1) is 0 Å². The van der Waals surface area contributed by atoms with Gasteiger partial charge < -0.3 is 9.13 Å². The zero-order valence-electron chi connectivity index (χ0n) is 17.4. The maximum atomic E-state index is 6.37. The molecule has 0 unspecified atom stereocenters. The van der Waals surface area contributed by atoms with E-state index in [0.717, 1.165) is 16.8 Å². The lowest BCUT2D eigenvalue weighted by Crippen LogP contribution is -2.05. The second kappa shape index (κ2) is 8.07. The van der Waals surface area contributed by atoms with Crippen molar-refractivity contribution in [3.8, 4) is 11.5 Å². The van der Waals surface area contributed by atoms with E-state index in [-0.39, 0.29) is 0 Å². The number of aromatic nitrogens is 8. The highest BCUT2D eigenvalue weighted by Gasteiger charge is 2.21. The summed E-state index contributed by atoms with van der Waals surface area (Å²) in [4.78, 5) is 27.1. The van der Waals surface area contributed by atoms with Crippen LogP contribution in [0.1, 0.15) is 11.1 Å². The number of hydrogen-bond donors (Lipinski definition) is 0. The Morgan fingerprint density at radius 1 is 0.667 bits per heavy atom. The molecular weight excluding hydrogens is 436 g/mol. The SMILES string of the molecule is Clc1ncnc2c1nc(-c1ncnc3c1ncn3Cc1ccccc1)n2Cc1ccccc1. The molecule has 0 saturated carbocycles. The summed E-state index contributed by atoms with van der Waals surface area (Å²) < 4.78 is 4.00. The fourth-order valence-corrected chi connectivity index (χ4v) is 4.12. The Balaban J connectivity index is 1.52. The molecule has 0 saturated heterocycles. The highest BCUT2D eigenvalue weighted by atomic mass is 35.5. The molecule has 160 valence electrons. The summed E-state index contributed by atoms with van der Waals surface area (Å²) in [5.41, 5.74) is 5.46. The molecule has 2 aromatic carbocycles. The minimum absolute atomic E-state index is 0.299. The van der Waals surface area contributed by atoms with Crippen LogP contribution < -0.4 is 0 Å². The van der Waals surface area contributed by atoms with Crippen molar-refractivity contribution in [1.82, 2.24) is 39.0 Å².